The molecule has 0 radical (unpaired) electrons. The molecule has 0 bridgehead atoms. The van der Waals surface area contributed by atoms with Gasteiger partial charge in [0.1, 0.15) is 4.90 Å². The molecule has 0 saturated heterocycles. The lowest BCUT2D eigenvalue weighted by Gasteiger charge is -2.14. The number of aryl methyl sites for hydroxylation is 1. The van der Waals surface area contributed by atoms with Gasteiger partial charge in [-0.25, -0.2) is 8.42 Å². The van der Waals surface area contributed by atoms with Crippen LogP contribution in [0.4, 0.5) is 5.69 Å². The highest BCUT2D eigenvalue weighted by molar-refractivity contribution is 7.89. The maximum absolute atomic E-state index is 12.1. The topological polar surface area (TPSA) is 72.2 Å². The van der Waals surface area contributed by atoms with E-state index < -0.39 is 16.1 Å². The number of hydrogen-bond acceptors (Lipinski definition) is 3. The summed E-state index contributed by atoms with van der Waals surface area (Å²) in [7, 11) is -3.66. The van der Waals surface area contributed by atoms with E-state index in [9.17, 15) is 8.42 Å². The van der Waals surface area contributed by atoms with Crippen LogP contribution in [0.2, 0.25) is 0 Å². The molecule has 1 aromatic rings. The van der Waals surface area contributed by atoms with Crippen molar-refractivity contribution < 1.29 is 8.42 Å². The van der Waals surface area contributed by atoms with Crippen molar-refractivity contribution in [1.29, 1.82) is 0 Å². The smallest absolute Gasteiger partial charge is 0.243 e. The fourth-order valence-corrected chi connectivity index (χ4v) is 2.93. The molecule has 0 aromatic heterocycles. The van der Waals surface area contributed by atoms with E-state index in [0.29, 0.717) is 6.42 Å². The zero-order valence-corrected chi connectivity index (χ0v) is 11.4. The Hall–Kier alpha value is -1.51. The Labute approximate surface area is 109 Å². The third-order valence-corrected chi connectivity index (χ3v) is 4.08. The zero-order chi connectivity index (χ0) is 13.8. The van der Waals surface area contributed by atoms with E-state index in [1.165, 1.54) is 6.07 Å². The minimum Gasteiger partial charge on any atom is -0.398 e. The molecule has 0 fully saturated rings. The number of hydrogen-bond donors (Lipinski definition) is 2. The van der Waals surface area contributed by atoms with Crippen molar-refractivity contribution in [2.24, 2.45) is 0 Å². The standard InChI is InChI=1S/C13H18N2O2S/c1-4-6-11(5-2)15-18(16,17)13-8-7-10(3)9-12(13)14/h2,7-9,11,15H,4,6,14H2,1,3H3. The number of nitrogens with one attached hydrogen (secondary N) is 1. The summed E-state index contributed by atoms with van der Waals surface area (Å²) in [5.41, 5.74) is 6.87. The van der Waals surface area contributed by atoms with E-state index in [2.05, 4.69) is 10.6 Å². The monoisotopic (exact) mass is 266 g/mol. The van der Waals surface area contributed by atoms with E-state index in [4.69, 9.17) is 12.2 Å². The highest BCUT2D eigenvalue weighted by Crippen LogP contribution is 2.19. The maximum atomic E-state index is 12.1. The molecule has 0 aliphatic carbocycles. The number of nitrogens with two attached hydrogens (primary N) is 1. The number of benzene rings is 1. The molecule has 0 heterocycles. The van der Waals surface area contributed by atoms with Crippen molar-refractivity contribution in [1.82, 2.24) is 4.72 Å². The Balaban J connectivity index is 3.03. The van der Waals surface area contributed by atoms with Gasteiger partial charge in [-0.3, -0.25) is 0 Å². The van der Waals surface area contributed by atoms with Gasteiger partial charge in [0.15, 0.2) is 0 Å². The van der Waals surface area contributed by atoms with Crippen LogP contribution in [0.25, 0.3) is 0 Å². The van der Waals surface area contributed by atoms with E-state index in [0.717, 1.165) is 12.0 Å². The molecule has 0 amide bonds. The first-order valence-electron chi connectivity index (χ1n) is 5.75. The lowest BCUT2D eigenvalue weighted by Crippen LogP contribution is -2.34. The van der Waals surface area contributed by atoms with Crippen molar-refractivity contribution in [2.75, 3.05) is 5.73 Å². The first-order valence-corrected chi connectivity index (χ1v) is 7.23. The minimum atomic E-state index is -3.66. The third kappa shape index (κ3) is 3.49. The number of terminal acetylenes is 1. The molecule has 5 heteroatoms. The van der Waals surface area contributed by atoms with E-state index in [1.807, 2.05) is 13.8 Å². The van der Waals surface area contributed by atoms with Gasteiger partial charge in [0.2, 0.25) is 10.0 Å². The van der Waals surface area contributed by atoms with Crippen molar-refractivity contribution in [2.45, 2.75) is 37.6 Å². The summed E-state index contributed by atoms with van der Waals surface area (Å²) in [4.78, 5) is 0.0736. The molecule has 3 N–H and O–H groups in total. The lowest BCUT2D eigenvalue weighted by atomic mass is 10.2. The van der Waals surface area contributed by atoms with Crippen LogP contribution in [0.1, 0.15) is 25.3 Å². The second-order valence-electron chi connectivity index (χ2n) is 4.17. The summed E-state index contributed by atoms with van der Waals surface area (Å²) in [6.45, 7) is 3.79. The normalized spacial score (nSPS) is 12.9. The van der Waals surface area contributed by atoms with E-state index >= 15 is 0 Å². The quantitative estimate of drug-likeness (QED) is 0.629. The van der Waals surface area contributed by atoms with E-state index in [1.54, 1.807) is 12.1 Å². The maximum Gasteiger partial charge on any atom is 0.243 e. The zero-order valence-electron chi connectivity index (χ0n) is 10.6. The predicted molar refractivity (Wildman–Crippen MR) is 73.4 cm³/mol. The van der Waals surface area contributed by atoms with Crippen LogP contribution in [-0.2, 0) is 10.0 Å². The van der Waals surface area contributed by atoms with Crippen LogP contribution in [-0.4, -0.2) is 14.5 Å². The Morgan fingerprint density at radius 3 is 2.67 bits per heavy atom. The molecule has 1 unspecified atom stereocenters. The molecule has 0 spiro atoms. The summed E-state index contributed by atoms with van der Waals surface area (Å²) >= 11 is 0. The molecule has 1 rings (SSSR count). The molecule has 98 valence electrons. The first kappa shape index (κ1) is 14.6. The van der Waals surface area contributed by atoms with Gasteiger partial charge in [0, 0.05) is 0 Å². The Morgan fingerprint density at radius 2 is 2.17 bits per heavy atom. The van der Waals surface area contributed by atoms with Crippen LogP contribution in [0, 0.1) is 19.3 Å². The van der Waals surface area contributed by atoms with Crippen molar-refractivity contribution in [3.8, 4) is 12.3 Å². The minimum absolute atomic E-state index is 0.0736. The van der Waals surface area contributed by atoms with Gasteiger partial charge in [0.25, 0.3) is 0 Å². The van der Waals surface area contributed by atoms with Crippen molar-refractivity contribution >= 4 is 15.7 Å². The second-order valence-corrected chi connectivity index (χ2v) is 5.85. The summed E-state index contributed by atoms with van der Waals surface area (Å²) in [5.74, 6) is 2.43. The summed E-state index contributed by atoms with van der Waals surface area (Å²) in [6, 6.07) is 4.32. The molecule has 1 aromatic carbocycles. The van der Waals surface area contributed by atoms with Crippen molar-refractivity contribution in [3.05, 3.63) is 23.8 Å². The number of rotatable bonds is 5. The van der Waals surface area contributed by atoms with Crippen LogP contribution in [0.15, 0.2) is 23.1 Å². The highest BCUT2D eigenvalue weighted by Gasteiger charge is 2.20. The van der Waals surface area contributed by atoms with Crippen LogP contribution in [0.3, 0.4) is 0 Å². The SMILES string of the molecule is C#CC(CCC)NS(=O)(=O)c1ccc(C)cc1N. The average molecular weight is 266 g/mol. The summed E-state index contributed by atoms with van der Waals surface area (Å²) < 4.78 is 26.7. The molecular weight excluding hydrogens is 248 g/mol. The third-order valence-electron chi connectivity index (χ3n) is 2.53. The van der Waals surface area contributed by atoms with Crippen LogP contribution >= 0.6 is 0 Å². The molecular formula is C13H18N2O2S. The molecule has 4 nitrogen and oxygen atoms in total. The van der Waals surface area contributed by atoms with Gasteiger partial charge in [-0.2, -0.15) is 4.72 Å². The summed E-state index contributed by atoms with van der Waals surface area (Å²) in [5, 5.41) is 0. The average Bonchev–Trinajstić information content (AvgIpc) is 2.27. The molecule has 0 saturated carbocycles. The molecule has 18 heavy (non-hydrogen) atoms. The van der Waals surface area contributed by atoms with Gasteiger partial charge in [-0.1, -0.05) is 25.3 Å². The van der Waals surface area contributed by atoms with Gasteiger partial charge < -0.3 is 5.73 Å². The lowest BCUT2D eigenvalue weighted by molar-refractivity contribution is 0.564. The van der Waals surface area contributed by atoms with Crippen LogP contribution < -0.4 is 10.5 Å². The van der Waals surface area contributed by atoms with E-state index in [-0.39, 0.29) is 10.6 Å². The Bertz CT molecular complexity index is 559. The fraction of sp³-hybridized carbons (Fsp3) is 0.385. The summed E-state index contributed by atoms with van der Waals surface area (Å²) in [6.07, 6.45) is 6.70. The Morgan fingerprint density at radius 1 is 1.50 bits per heavy atom. The number of anilines is 1. The van der Waals surface area contributed by atoms with Crippen LogP contribution in [0.5, 0.6) is 0 Å². The number of sulfonamides is 1. The van der Waals surface area contributed by atoms with Crippen molar-refractivity contribution in [3.63, 3.8) is 0 Å². The Kier molecular flexibility index (Phi) is 4.76. The van der Waals surface area contributed by atoms with Gasteiger partial charge in [0.05, 0.1) is 11.7 Å². The fourth-order valence-electron chi connectivity index (χ4n) is 1.63. The second kappa shape index (κ2) is 5.89. The predicted octanol–water partition coefficient (Wildman–Crippen LogP) is 1.66. The van der Waals surface area contributed by atoms with Gasteiger partial charge >= 0.3 is 0 Å². The van der Waals surface area contributed by atoms with Gasteiger partial charge in [-0.05, 0) is 31.0 Å². The molecule has 0 aliphatic rings. The first-order chi connectivity index (χ1) is 8.40. The molecule has 0 aliphatic heterocycles. The largest absolute Gasteiger partial charge is 0.398 e. The molecule has 1 atom stereocenters. The van der Waals surface area contributed by atoms with Gasteiger partial charge in [-0.15, -0.1) is 6.42 Å². The number of nitrogen functional groups attached to an aromatic ring is 1. The highest BCUT2D eigenvalue weighted by atomic mass is 32.2.